The summed E-state index contributed by atoms with van der Waals surface area (Å²) in [5, 5.41) is 2.51. The first-order valence-corrected chi connectivity index (χ1v) is 11.5. The predicted octanol–water partition coefficient (Wildman–Crippen LogP) is 5.19. The van der Waals surface area contributed by atoms with Crippen LogP contribution in [0.1, 0.15) is 64.7 Å². The number of nitrogens with one attached hydrogen (secondary N) is 1. The number of hydrogen-bond donors (Lipinski definition) is 1. The third kappa shape index (κ3) is 9.65. The number of esters is 2. The third-order valence-electron chi connectivity index (χ3n) is 4.66. The van der Waals surface area contributed by atoms with Crippen molar-refractivity contribution in [3.05, 3.63) is 71.8 Å². The van der Waals surface area contributed by atoms with E-state index in [-0.39, 0.29) is 18.9 Å². The molecule has 0 heterocycles. The molecule has 2 rings (SSSR count). The Morgan fingerprint density at radius 2 is 1.38 bits per heavy atom. The minimum atomic E-state index is -1.05. The molecule has 184 valence electrons. The van der Waals surface area contributed by atoms with Crippen molar-refractivity contribution in [2.75, 3.05) is 6.54 Å². The summed E-state index contributed by atoms with van der Waals surface area (Å²) in [6.07, 6.45) is -2.07. The molecule has 0 radical (unpaired) electrons. The molecule has 0 fully saturated rings. The van der Waals surface area contributed by atoms with Gasteiger partial charge in [0.2, 0.25) is 0 Å². The minimum Gasteiger partial charge on any atom is -0.450 e. The van der Waals surface area contributed by atoms with Crippen LogP contribution in [0, 0.1) is 5.92 Å². The van der Waals surface area contributed by atoms with E-state index in [0.29, 0.717) is 6.42 Å². The van der Waals surface area contributed by atoms with E-state index in [1.165, 1.54) is 0 Å². The molecule has 0 aliphatic heterocycles. The standard InChI is InChI=1S/C27H35NO6/c1-19(2)18-22(32-23(29)16-17-28-26(31)34-27(3,4)5)25(30)33-24(20-12-8-6-9-13-20)21-14-10-7-11-15-21/h6-15,19,22,24H,16-18H2,1-5H3,(H,28,31)/t22-/m1/s1. The second-order valence-electron chi connectivity index (χ2n) is 9.43. The van der Waals surface area contributed by atoms with Crippen LogP contribution in [0.3, 0.4) is 0 Å². The average molecular weight is 470 g/mol. The molecule has 0 aliphatic carbocycles. The molecule has 0 saturated carbocycles. The van der Waals surface area contributed by atoms with Crippen molar-refractivity contribution in [2.24, 2.45) is 5.92 Å². The fraction of sp³-hybridized carbons (Fsp3) is 0.444. The molecule has 0 bridgehead atoms. The van der Waals surface area contributed by atoms with E-state index in [4.69, 9.17) is 14.2 Å². The first kappa shape index (κ1) is 26.9. The zero-order valence-electron chi connectivity index (χ0n) is 20.6. The Morgan fingerprint density at radius 1 is 0.853 bits per heavy atom. The molecular formula is C27H35NO6. The lowest BCUT2D eigenvalue weighted by molar-refractivity contribution is -0.171. The summed E-state index contributed by atoms with van der Waals surface area (Å²) in [5.74, 6) is -1.12. The van der Waals surface area contributed by atoms with E-state index < -0.39 is 35.8 Å². The zero-order chi connectivity index (χ0) is 25.1. The lowest BCUT2D eigenvalue weighted by atomic mass is 10.0. The fourth-order valence-electron chi connectivity index (χ4n) is 3.20. The van der Waals surface area contributed by atoms with Gasteiger partial charge in [0.15, 0.2) is 12.2 Å². The Morgan fingerprint density at radius 3 is 1.85 bits per heavy atom. The van der Waals surface area contributed by atoms with Gasteiger partial charge in [0.05, 0.1) is 6.42 Å². The van der Waals surface area contributed by atoms with Crippen LogP contribution in [0.5, 0.6) is 0 Å². The van der Waals surface area contributed by atoms with E-state index in [1.54, 1.807) is 20.8 Å². The van der Waals surface area contributed by atoms with Crippen LogP contribution in [0.15, 0.2) is 60.7 Å². The summed E-state index contributed by atoms with van der Waals surface area (Å²) in [5.41, 5.74) is 1.00. The molecule has 1 atom stereocenters. The summed E-state index contributed by atoms with van der Waals surface area (Å²) >= 11 is 0. The number of carbonyl (C=O) groups is 3. The van der Waals surface area contributed by atoms with Crippen LogP contribution in [0.4, 0.5) is 4.79 Å². The van der Waals surface area contributed by atoms with Crippen molar-refractivity contribution < 1.29 is 28.6 Å². The smallest absolute Gasteiger partial charge is 0.407 e. The molecular weight excluding hydrogens is 434 g/mol. The van der Waals surface area contributed by atoms with Gasteiger partial charge in [-0.3, -0.25) is 4.79 Å². The highest BCUT2D eigenvalue weighted by atomic mass is 16.6. The van der Waals surface area contributed by atoms with E-state index in [9.17, 15) is 14.4 Å². The van der Waals surface area contributed by atoms with Crippen molar-refractivity contribution >= 4 is 18.0 Å². The van der Waals surface area contributed by atoms with Gasteiger partial charge in [-0.05, 0) is 44.2 Å². The van der Waals surface area contributed by atoms with Crippen LogP contribution in [0.2, 0.25) is 0 Å². The van der Waals surface area contributed by atoms with E-state index in [2.05, 4.69) is 5.32 Å². The zero-order valence-corrected chi connectivity index (χ0v) is 20.6. The largest absolute Gasteiger partial charge is 0.450 e. The average Bonchev–Trinajstić information content (AvgIpc) is 2.76. The Balaban J connectivity index is 2.04. The van der Waals surface area contributed by atoms with Crippen LogP contribution in [-0.4, -0.2) is 36.3 Å². The third-order valence-corrected chi connectivity index (χ3v) is 4.66. The van der Waals surface area contributed by atoms with Gasteiger partial charge in [-0.25, -0.2) is 9.59 Å². The molecule has 1 N–H and O–H groups in total. The van der Waals surface area contributed by atoms with Crippen LogP contribution < -0.4 is 5.32 Å². The maximum atomic E-state index is 13.1. The Hall–Kier alpha value is -3.35. The van der Waals surface area contributed by atoms with E-state index >= 15 is 0 Å². The number of hydrogen-bond acceptors (Lipinski definition) is 6. The van der Waals surface area contributed by atoms with Crippen molar-refractivity contribution in [2.45, 2.75) is 65.3 Å². The van der Waals surface area contributed by atoms with Gasteiger partial charge in [-0.15, -0.1) is 0 Å². The molecule has 0 aromatic heterocycles. The lowest BCUT2D eigenvalue weighted by Crippen LogP contribution is -2.35. The maximum Gasteiger partial charge on any atom is 0.407 e. The molecule has 7 nitrogen and oxygen atoms in total. The van der Waals surface area contributed by atoms with Crippen molar-refractivity contribution in [1.82, 2.24) is 5.32 Å². The Bertz CT molecular complexity index is 882. The van der Waals surface area contributed by atoms with Gasteiger partial charge >= 0.3 is 18.0 Å². The highest BCUT2D eigenvalue weighted by molar-refractivity contribution is 5.80. The van der Waals surface area contributed by atoms with Crippen molar-refractivity contribution in [1.29, 1.82) is 0 Å². The molecule has 1 amide bonds. The minimum absolute atomic E-state index is 0.0356. The number of rotatable bonds is 10. The molecule has 0 spiro atoms. The second-order valence-corrected chi connectivity index (χ2v) is 9.43. The van der Waals surface area contributed by atoms with Crippen LogP contribution >= 0.6 is 0 Å². The monoisotopic (exact) mass is 469 g/mol. The molecule has 2 aromatic carbocycles. The number of carbonyl (C=O) groups excluding carboxylic acids is 3. The van der Waals surface area contributed by atoms with Gasteiger partial charge in [0.1, 0.15) is 5.60 Å². The van der Waals surface area contributed by atoms with E-state index in [1.807, 2.05) is 74.5 Å². The number of benzene rings is 2. The number of amides is 1. The van der Waals surface area contributed by atoms with Gasteiger partial charge in [0, 0.05) is 6.54 Å². The Kier molecular flexibility index (Phi) is 10.1. The quantitative estimate of drug-likeness (QED) is 0.380. The summed E-state index contributed by atoms with van der Waals surface area (Å²) in [7, 11) is 0. The summed E-state index contributed by atoms with van der Waals surface area (Å²) in [6, 6.07) is 18.8. The van der Waals surface area contributed by atoms with Crippen LogP contribution in [0.25, 0.3) is 0 Å². The highest BCUT2D eigenvalue weighted by Gasteiger charge is 2.29. The number of ether oxygens (including phenoxy) is 3. The Labute approximate surface area is 201 Å². The summed E-state index contributed by atoms with van der Waals surface area (Å²) in [6.45, 7) is 9.16. The van der Waals surface area contributed by atoms with E-state index in [0.717, 1.165) is 11.1 Å². The topological polar surface area (TPSA) is 90.9 Å². The van der Waals surface area contributed by atoms with Crippen molar-refractivity contribution in [3.63, 3.8) is 0 Å². The van der Waals surface area contributed by atoms with Crippen LogP contribution in [-0.2, 0) is 23.8 Å². The first-order valence-electron chi connectivity index (χ1n) is 11.5. The normalized spacial score (nSPS) is 12.2. The lowest BCUT2D eigenvalue weighted by Gasteiger charge is -2.24. The fourth-order valence-corrected chi connectivity index (χ4v) is 3.20. The molecule has 2 aromatic rings. The second kappa shape index (κ2) is 12.8. The van der Waals surface area contributed by atoms with Gasteiger partial charge in [-0.1, -0.05) is 74.5 Å². The van der Waals surface area contributed by atoms with Gasteiger partial charge < -0.3 is 19.5 Å². The molecule has 0 saturated heterocycles. The van der Waals surface area contributed by atoms with Gasteiger partial charge in [0.25, 0.3) is 0 Å². The molecule has 34 heavy (non-hydrogen) atoms. The first-order chi connectivity index (χ1) is 16.0. The molecule has 7 heteroatoms. The summed E-state index contributed by atoms with van der Waals surface area (Å²) in [4.78, 5) is 37.3. The van der Waals surface area contributed by atoms with Gasteiger partial charge in [-0.2, -0.15) is 0 Å². The predicted molar refractivity (Wildman–Crippen MR) is 129 cm³/mol. The molecule has 0 aliphatic rings. The summed E-state index contributed by atoms with van der Waals surface area (Å²) < 4.78 is 16.5. The maximum absolute atomic E-state index is 13.1. The highest BCUT2D eigenvalue weighted by Crippen LogP contribution is 2.27. The number of alkyl carbamates (subject to hydrolysis) is 1. The van der Waals surface area contributed by atoms with Crippen molar-refractivity contribution in [3.8, 4) is 0 Å². The molecule has 0 unspecified atom stereocenters. The SMILES string of the molecule is CC(C)C[C@@H](OC(=O)CCNC(=O)OC(C)(C)C)C(=O)OC(c1ccccc1)c1ccccc1.